The molecule has 1 heterocycles. The van der Waals surface area contributed by atoms with Crippen molar-refractivity contribution in [3.63, 3.8) is 0 Å². The van der Waals surface area contributed by atoms with Crippen LogP contribution in [0.4, 0.5) is 0 Å². The molecule has 0 bridgehead atoms. The number of aromatic nitrogens is 1. The molecule has 0 aliphatic carbocycles. The number of nitrogens with zero attached hydrogens (tertiary/aromatic N) is 1. The Kier molecular flexibility index (Phi) is 3.49. The lowest BCUT2D eigenvalue weighted by Gasteiger charge is -2.06. The van der Waals surface area contributed by atoms with E-state index in [1.807, 2.05) is 13.0 Å². The number of primary amides is 1. The van der Waals surface area contributed by atoms with Crippen LogP contribution >= 0.6 is 0 Å². The summed E-state index contributed by atoms with van der Waals surface area (Å²) in [4.78, 5) is 11.8. The maximum Gasteiger partial charge on any atom is 0.249 e. The third kappa shape index (κ3) is 2.10. The molecule has 1 aromatic heterocycles. The maximum absolute atomic E-state index is 11.8. The minimum atomic E-state index is -0.387. The lowest BCUT2D eigenvalue weighted by molar-refractivity contribution is 0.100. The number of amides is 1. The van der Waals surface area contributed by atoms with Crippen molar-refractivity contribution in [2.24, 2.45) is 5.73 Å². The van der Waals surface area contributed by atoms with E-state index in [4.69, 9.17) is 5.73 Å². The van der Waals surface area contributed by atoms with Crippen LogP contribution < -0.4 is 5.73 Å². The van der Waals surface area contributed by atoms with E-state index in [1.165, 1.54) is 0 Å². The number of benzene rings is 2. The number of nitrogens with two attached hydrogens (primary N) is 1. The second-order valence-electron chi connectivity index (χ2n) is 5.73. The fourth-order valence-corrected chi connectivity index (χ4v) is 3.08. The van der Waals surface area contributed by atoms with Gasteiger partial charge in [-0.25, -0.2) is 0 Å². The SMILES string of the molecule is C=C(C)c1ccc2c(c1)c1c(C(N)=O)cccc1n2CCC. The number of allylic oxidation sites excluding steroid dienone is 1. The Morgan fingerprint density at radius 1 is 1.23 bits per heavy atom. The van der Waals surface area contributed by atoms with Crippen LogP contribution in [0.3, 0.4) is 0 Å². The Morgan fingerprint density at radius 2 is 2.00 bits per heavy atom. The number of carbonyl (C=O) groups excluding carboxylic acids is 1. The first kappa shape index (κ1) is 14.4. The topological polar surface area (TPSA) is 48.0 Å². The van der Waals surface area contributed by atoms with E-state index in [9.17, 15) is 4.79 Å². The molecule has 112 valence electrons. The van der Waals surface area contributed by atoms with Crippen molar-refractivity contribution in [3.8, 4) is 0 Å². The molecule has 0 aliphatic rings. The molecule has 2 N–H and O–H groups in total. The first-order chi connectivity index (χ1) is 10.5. The van der Waals surface area contributed by atoms with Crippen molar-refractivity contribution < 1.29 is 4.79 Å². The average Bonchev–Trinajstić information content (AvgIpc) is 2.81. The molecule has 0 fully saturated rings. The number of aryl methyl sites for hydroxylation is 1. The van der Waals surface area contributed by atoms with E-state index in [-0.39, 0.29) is 5.91 Å². The van der Waals surface area contributed by atoms with Crippen LogP contribution in [0.5, 0.6) is 0 Å². The summed E-state index contributed by atoms with van der Waals surface area (Å²) in [5.41, 5.74) is 10.5. The van der Waals surface area contributed by atoms with E-state index in [1.54, 1.807) is 6.07 Å². The number of rotatable bonds is 4. The van der Waals surface area contributed by atoms with Gasteiger partial charge in [-0.3, -0.25) is 4.79 Å². The molecule has 0 atom stereocenters. The number of carbonyl (C=O) groups is 1. The molecule has 0 saturated heterocycles. The molecule has 0 radical (unpaired) electrons. The van der Waals surface area contributed by atoms with Crippen molar-refractivity contribution in [1.82, 2.24) is 4.57 Å². The predicted molar refractivity (Wildman–Crippen MR) is 93.0 cm³/mol. The third-order valence-corrected chi connectivity index (χ3v) is 4.10. The molecule has 0 aliphatic heterocycles. The Morgan fingerprint density at radius 3 is 2.64 bits per heavy atom. The maximum atomic E-state index is 11.8. The van der Waals surface area contributed by atoms with Crippen molar-refractivity contribution in [2.75, 3.05) is 0 Å². The quantitative estimate of drug-likeness (QED) is 0.764. The second kappa shape index (κ2) is 5.34. The Bertz CT molecular complexity index is 903. The smallest absolute Gasteiger partial charge is 0.249 e. The first-order valence-electron chi connectivity index (χ1n) is 7.55. The minimum absolute atomic E-state index is 0.387. The molecular formula is C19H20N2O. The Labute approximate surface area is 130 Å². The summed E-state index contributed by atoms with van der Waals surface area (Å²) in [6, 6.07) is 12.1. The third-order valence-electron chi connectivity index (χ3n) is 4.10. The molecule has 1 amide bonds. The van der Waals surface area contributed by atoms with Crippen LogP contribution in [-0.2, 0) is 6.54 Å². The molecular weight excluding hydrogens is 272 g/mol. The summed E-state index contributed by atoms with van der Waals surface area (Å²) < 4.78 is 2.26. The van der Waals surface area contributed by atoms with Gasteiger partial charge in [0.1, 0.15) is 0 Å². The molecule has 0 saturated carbocycles. The van der Waals surface area contributed by atoms with Crippen LogP contribution in [0.1, 0.15) is 36.2 Å². The molecule has 22 heavy (non-hydrogen) atoms. The van der Waals surface area contributed by atoms with Crippen molar-refractivity contribution in [2.45, 2.75) is 26.8 Å². The van der Waals surface area contributed by atoms with Gasteiger partial charge >= 0.3 is 0 Å². The second-order valence-corrected chi connectivity index (χ2v) is 5.73. The highest BCUT2D eigenvalue weighted by atomic mass is 16.1. The predicted octanol–water partition coefficient (Wildman–Crippen LogP) is 4.34. The monoisotopic (exact) mass is 292 g/mol. The Hall–Kier alpha value is -2.55. The van der Waals surface area contributed by atoms with Gasteiger partial charge in [0, 0.05) is 33.9 Å². The minimum Gasteiger partial charge on any atom is -0.366 e. The normalized spacial score (nSPS) is 11.2. The fourth-order valence-electron chi connectivity index (χ4n) is 3.08. The molecule has 3 rings (SSSR count). The van der Waals surface area contributed by atoms with Crippen LogP contribution in [0, 0.1) is 0 Å². The van der Waals surface area contributed by atoms with Crippen molar-refractivity contribution in [3.05, 3.63) is 54.1 Å². The molecule has 2 aromatic carbocycles. The standard InChI is InChI=1S/C19H20N2O/c1-4-10-21-16-9-8-13(12(2)3)11-15(16)18-14(19(20)22)6-5-7-17(18)21/h5-9,11H,2,4,10H2,1,3H3,(H2,20,22). The van der Waals surface area contributed by atoms with Crippen LogP contribution in [0.2, 0.25) is 0 Å². The molecule has 0 spiro atoms. The Balaban J connectivity index is 2.50. The average molecular weight is 292 g/mol. The summed E-state index contributed by atoms with van der Waals surface area (Å²) in [5.74, 6) is -0.387. The van der Waals surface area contributed by atoms with Gasteiger partial charge in [0.2, 0.25) is 5.91 Å². The molecule has 3 heteroatoms. The van der Waals surface area contributed by atoms with Gasteiger partial charge in [0.05, 0.1) is 0 Å². The first-order valence-corrected chi connectivity index (χ1v) is 7.55. The van der Waals surface area contributed by atoms with E-state index >= 15 is 0 Å². The summed E-state index contributed by atoms with van der Waals surface area (Å²) in [7, 11) is 0. The van der Waals surface area contributed by atoms with Gasteiger partial charge in [-0.2, -0.15) is 0 Å². The van der Waals surface area contributed by atoms with E-state index in [2.05, 4.69) is 42.3 Å². The summed E-state index contributed by atoms with van der Waals surface area (Å²) in [6.07, 6.45) is 1.03. The van der Waals surface area contributed by atoms with Crippen molar-refractivity contribution in [1.29, 1.82) is 0 Å². The van der Waals surface area contributed by atoms with Crippen LogP contribution in [0.25, 0.3) is 27.4 Å². The largest absolute Gasteiger partial charge is 0.366 e. The highest BCUT2D eigenvalue weighted by molar-refractivity contribution is 6.18. The van der Waals surface area contributed by atoms with Crippen molar-refractivity contribution >= 4 is 33.3 Å². The van der Waals surface area contributed by atoms with E-state index < -0.39 is 0 Å². The summed E-state index contributed by atoms with van der Waals surface area (Å²) in [5, 5.41) is 2.01. The zero-order chi connectivity index (χ0) is 15.9. The van der Waals surface area contributed by atoms with Gasteiger partial charge in [-0.15, -0.1) is 0 Å². The van der Waals surface area contributed by atoms with Gasteiger partial charge in [0.15, 0.2) is 0 Å². The van der Waals surface area contributed by atoms with Gasteiger partial charge in [0.25, 0.3) is 0 Å². The zero-order valence-electron chi connectivity index (χ0n) is 13.0. The highest BCUT2D eigenvalue weighted by Crippen LogP contribution is 2.33. The summed E-state index contributed by atoms with van der Waals surface area (Å²) >= 11 is 0. The van der Waals surface area contributed by atoms with Gasteiger partial charge in [-0.1, -0.05) is 31.2 Å². The molecule has 0 unspecified atom stereocenters. The number of hydrogen-bond donors (Lipinski definition) is 1. The summed E-state index contributed by atoms with van der Waals surface area (Å²) in [6.45, 7) is 9.06. The number of fused-ring (bicyclic) bond motifs is 3. The van der Waals surface area contributed by atoms with Gasteiger partial charge in [-0.05, 0) is 43.2 Å². The van der Waals surface area contributed by atoms with Crippen LogP contribution in [0.15, 0.2) is 43.0 Å². The zero-order valence-corrected chi connectivity index (χ0v) is 13.0. The van der Waals surface area contributed by atoms with E-state index in [0.29, 0.717) is 5.56 Å². The van der Waals surface area contributed by atoms with Crippen LogP contribution in [-0.4, -0.2) is 10.5 Å². The highest BCUT2D eigenvalue weighted by Gasteiger charge is 2.16. The number of hydrogen-bond acceptors (Lipinski definition) is 1. The lowest BCUT2D eigenvalue weighted by Crippen LogP contribution is -2.11. The fraction of sp³-hybridized carbons (Fsp3) is 0.211. The lowest BCUT2D eigenvalue weighted by atomic mass is 10.0. The molecule has 3 aromatic rings. The van der Waals surface area contributed by atoms with E-state index in [0.717, 1.165) is 45.9 Å². The molecule has 3 nitrogen and oxygen atoms in total. The van der Waals surface area contributed by atoms with Gasteiger partial charge < -0.3 is 10.3 Å².